The van der Waals surface area contributed by atoms with Gasteiger partial charge >= 0.3 is 0 Å². The molecule has 0 bridgehead atoms. The number of rotatable bonds is 4. The molecule has 0 atom stereocenters. The van der Waals surface area contributed by atoms with Crippen LogP contribution < -0.4 is 0 Å². The maximum absolute atomic E-state index is 4.57. The summed E-state index contributed by atoms with van der Waals surface area (Å²) < 4.78 is 0. The molecule has 2 aromatic rings. The van der Waals surface area contributed by atoms with Crippen molar-refractivity contribution in [3.05, 3.63) is 65.2 Å². The molecule has 0 unspecified atom stereocenters. The van der Waals surface area contributed by atoms with E-state index in [1.807, 2.05) is 24.3 Å². The van der Waals surface area contributed by atoms with Crippen LogP contribution in [0.2, 0.25) is 0 Å². The van der Waals surface area contributed by atoms with E-state index in [2.05, 4.69) is 65.4 Å². The van der Waals surface area contributed by atoms with E-state index >= 15 is 0 Å². The zero-order valence-electron chi connectivity index (χ0n) is 12.1. The lowest BCUT2D eigenvalue weighted by Crippen LogP contribution is -1.84. The molecule has 0 aliphatic carbocycles. The Morgan fingerprint density at radius 3 is 2.00 bits per heavy atom. The Balaban J connectivity index is 2.06. The quantitative estimate of drug-likeness (QED) is 0.430. The standard InChI is InChI=1S/C19H17NS/c1-2-3-4-16-5-7-17(8-6-16)9-10-18-11-13-19(14-12-18)20-15-21/h5-8,11-14H,2-4H2,1H3. The Hall–Kier alpha value is -2.20. The summed E-state index contributed by atoms with van der Waals surface area (Å²) >= 11 is 4.57. The highest BCUT2D eigenvalue weighted by Crippen LogP contribution is 2.12. The summed E-state index contributed by atoms with van der Waals surface area (Å²) in [4.78, 5) is 3.92. The summed E-state index contributed by atoms with van der Waals surface area (Å²) in [6.45, 7) is 2.21. The highest BCUT2D eigenvalue weighted by Gasteiger charge is 1.93. The molecule has 0 heterocycles. The first kappa shape index (κ1) is 15.2. The van der Waals surface area contributed by atoms with E-state index in [1.54, 1.807) is 0 Å². The van der Waals surface area contributed by atoms with Crippen molar-refractivity contribution in [2.45, 2.75) is 26.2 Å². The molecule has 0 aliphatic heterocycles. The molecule has 0 N–H and O–H groups in total. The predicted octanol–water partition coefficient (Wildman–Crippen LogP) is 5.16. The summed E-state index contributed by atoms with van der Waals surface area (Å²) in [6.07, 6.45) is 3.61. The number of benzene rings is 2. The Labute approximate surface area is 131 Å². The largest absolute Gasteiger partial charge is 0.195 e. The number of hydrogen-bond acceptors (Lipinski definition) is 2. The highest BCUT2D eigenvalue weighted by molar-refractivity contribution is 7.78. The van der Waals surface area contributed by atoms with Crippen molar-refractivity contribution in [2.24, 2.45) is 4.99 Å². The molecule has 2 heteroatoms. The number of aliphatic imine (C=N–C) groups is 1. The molecule has 0 fully saturated rings. The van der Waals surface area contributed by atoms with Crippen LogP contribution in [-0.2, 0) is 6.42 Å². The van der Waals surface area contributed by atoms with Gasteiger partial charge in [-0.3, -0.25) is 0 Å². The summed E-state index contributed by atoms with van der Waals surface area (Å²) in [5.41, 5.74) is 4.19. The third-order valence-electron chi connectivity index (χ3n) is 3.17. The van der Waals surface area contributed by atoms with Gasteiger partial charge < -0.3 is 0 Å². The number of thiocarbonyl (C=S) groups is 1. The van der Waals surface area contributed by atoms with Gasteiger partial charge in [-0.15, -0.1) is 0 Å². The molecule has 0 saturated carbocycles. The van der Waals surface area contributed by atoms with E-state index in [4.69, 9.17) is 0 Å². The second-order valence-corrected chi connectivity index (χ2v) is 4.98. The molecule has 21 heavy (non-hydrogen) atoms. The maximum atomic E-state index is 4.57. The molecule has 0 spiro atoms. The van der Waals surface area contributed by atoms with Gasteiger partial charge in [-0.2, -0.15) is 4.99 Å². The van der Waals surface area contributed by atoms with Crippen LogP contribution >= 0.6 is 12.2 Å². The molecule has 0 aromatic heterocycles. The minimum Gasteiger partial charge on any atom is -0.195 e. The summed E-state index contributed by atoms with van der Waals surface area (Å²) in [5, 5.41) is 2.35. The SMILES string of the molecule is CCCCc1ccc(C#Cc2ccc(N=C=S)cc2)cc1. The number of unbranched alkanes of at least 4 members (excludes halogenated alkanes) is 1. The van der Waals surface area contributed by atoms with E-state index in [0.717, 1.165) is 23.2 Å². The number of nitrogens with zero attached hydrogens (tertiary/aromatic N) is 1. The van der Waals surface area contributed by atoms with Gasteiger partial charge in [0.2, 0.25) is 0 Å². The van der Waals surface area contributed by atoms with Crippen LogP contribution in [0.1, 0.15) is 36.5 Å². The van der Waals surface area contributed by atoms with Crippen LogP contribution in [0.5, 0.6) is 0 Å². The monoisotopic (exact) mass is 291 g/mol. The van der Waals surface area contributed by atoms with E-state index in [1.165, 1.54) is 18.4 Å². The smallest absolute Gasteiger partial charge is 0.0740 e. The normalized spacial score (nSPS) is 9.38. The lowest BCUT2D eigenvalue weighted by Gasteiger charge is -1.99. The fourth-order valence-corrected chi connectivity index (χ4v) is 2.06. The second-order valence-electron chi connectivity index (χ2n) is 4.80. The van der Waals surface area contributed by atoms with Crippen molar-refractivity contribution >= 4 is 23.1 Å². The van der Waals surface area contributed by atoms with E-state index < -0.39 is 0 Å². The first-order valence-electron chi connectivity index (χ1n) is 7.10. The highest BCUT2D eigenvalue weighted by atomic mass is 32.1. The Bertz CT molecular complexity index is 681. The zero-order valence-corrected chi connectivity index (χ0v) is 12.9. The number of isothiocyanates is 1. The van der Waals surface area contributed by atoms with Crippen LogP contribution in [0.3, 0.4) is 0 Å². The van der Waals surface area contributed by atoms with Crippen LogP contribution in [0, 0.1) is 11.8 Å². The number of hydrogen-bond donors (Lipinski definition) is 0. The van der Waals surface area contributed by atoms with Crippen LogP contribution in [-0.4, -0.2) is 5.16 Å². The van der Waals surface area contributed by atoms with Gasteiger partial charge in [0.1, 0.15) is 0 Å². The molecule has 2 rings (SSSR count). The molecular formula is C19H17NS. The van der Waals surface area contributed by atoms with Gasteiger partial charge in [0.15, 0.2) is 0 Å². The number of aryl methyl sites for hydroxylation is 1. The van der Waals surface area contributed by atoms with Gasteiger partial charge in [-0.1, -0.05) is 37.3 Å². The lowest BCUT2D eigenvalue weighted by molar-refractivity contribution is 0.795. The van der Waals surface area contributed by atoms with Crippen molar-refractivity contribution in [1.29, 1.82) is 0 Å². The first-order valence-corrected chi connectivity index (χ1v) is 7.51. The topological polar surface area (TPSA) is 12.4 Å². The van der Waals surface area contributed by atoms with Gasteiger partial charge in [0, 0.05) is 11.1 Å². The average Bonchev–Trinajstić information content (AvgIpc) is 2.53. The molecule has 104 valence electrons. The molecular weight excluding hydrogens is 274 g/mol. The van der Waals surface area contributed by atoms with E-state index in [9.17, 15) is 0 Å². The Morgan fingerprint density at radius 1 is 0.905 bits per heavy atom. The van der Waals surface area contributed by atoms with Crippen LogP contribution in [0.15, 0.2) is 53.5 Å². The van der Waals surface area contributed by atoms with Crippen molar-refractivity contribution in [2.75, 3.05) is 0 Å². The third-order valence-corrected chi connectivity index (χ3v) is 3.26. The maximum Gasteiger partial charge on any atom is 0.0740 e. The van der Waals surface area contributed by atoms with Gasteiger partial charge in [-0.05, 0) is 67.0 Å². The molecule has 1 nitrogen and oxygen atoms in total. The van der Waals surface area contributed by atoms with Crippen molar-refractivity contribution in [1.82, 2.24) is 0 Å². The van der Waals surface area contributed by atoms with E-state index in [-0.39, 0.29) is 0 Å². The zero-order chi connectivity index (χ0) is 14.9. The van der Waals surface area contributed by atoms with Gasteiger partial charge in [0.05, 0.1) is 10.8 Å². The summed E-state index contributed by atoms with van der Waals surface area (Å²) in [6, 6.07) is 16.1. The van der Waals surface area contributed by atoms with Crippen LogP contribution in [0.4, 0.5) is 5.69 Å². The molecule has 0 saturated heterocycles. The third kappa shape index (κ3) is 5.00. The van der Waals surface area contributed by atoms with Crippen molar-refractivity contribution in [3.8, 4) is 11.8 Å². The minimum absolute atomic E-state index is 0.802. The Kier molecular flexibility index (Phi) is 5.91. The predicted molar refractivity (Wildman–Crippen MR) is 92.2 cm³/mol. The average molecular weight is 291 g/mol. The summed E-state index contributed by atoms with van der Waals surface area (Å²) in [5.74, 6) is 6.33. The molecule has 0 radical (unpaired) electrons. The van der Waals surface area contributed by atoms with Crippen LogP contribution in [0.25, 0.3) is 0 Å². The minimum atomic E-state index is 0.802. The molecule has 0 aliphatic rings. The van der Waals surface area contributed by atoms with E-state index in [0.29, 0.717) is 0 Å². The van der Waals surface area contributed by atoms with Gasteiger partial charge in [0.25, 0.3) is 0 Å². The Morgan fingerprint density at radius 2 is 1.48 bits per heavy atom. The second kappa shape index (κ2) is 8.17. The fourth-order valence-electron chi connectivity index (χ4n) is 1.95. The summed E-state index contributed by atoms with van der Waals surface area (Å²) in [7, 11) is 0. The van der Waals surface area contributed by atoms with Gasteiger partial charge in [-0.25, -0.2) is 0 Å². The van der Waals surface area contributed by atoms with Crippen molar-refractivity contribution < 1.29 is 0 Å². The lowest BCUT2D eigenvalue weighted by atomic mass is 10.1. The van der Waals surface area contributed by atoms with Crippen molar-refractivity contribution in [3.63, 3.8) is 0 Å². The fraction of sp³-hybridized carbons (Fsp3) is 0.211. The molecule has 2 aromatic carbocycles. The molecule has 0 amide bonds. The first-order chi connectivity index (χ1) is 10.3.